The minimum Gasteiger partial charge on any atom is -0.373 e. The van der Waals surface area contributed by atoms with Gasteiger partial charge in [0.05, 0.1) is 30.6 Å². The first-order chi connectivity index (χ1) is 11.1. The van der Waals surface area contributed by atoms with Crippen LogP contribution in [0.5, 0.6) is 0 Å². The second kappa shape index (κ2) is 6.39. The van der Waals surface area contributed by atoms with E-state index in [0.717, 1.165) is 11.4 Å². The van der Waals surface area contributed by atoms with E-state index < -0.39 is 5.82 Å². The molecule has 1 fully saturated rings. The SMILES string of the molecule is Cc1cc(C)n(CC2CN(c3cccc(F)c3C#N)CCO2)n1. The lowest BCUT2D eigenvalue weighted by Crippen LogP contribution is -2.44. The smallest absolute Gasteiger partial charge is 0.143 e. The molecule has 0 N–H and O–H groups in total. The third kappa shape index (κ3) is 3.20. The highest BCUT2D eigenvalue weighted by Gasteiger charge is 2.24. The molecule has 1 aromatic heterocycles. The largest absolute Gasteiger partial charge is 0.373 e. The second-order valence-corrected chi connectivity index (χ2v) is 5.79. The van der Waals surface area contributed by atoms with Gasteiger partial charge in [-0.05, 0) is 32.0 Å². The molecule has 1 unspecified atom stereocenters. The van der Waals surface area contributed by atoms with Gasteiger partial charge < -0.3 is 9.64 Å². The van der Waals surface area contributed by atoms with Gasteiger partial charge >= 0.3 is 0 Å². The lowest BCUT2D eigenvalue weighted by atomic mass is 10.1. The van der Waals surface area contributed by atoms with Crippen LogP contribution >= 0.6 is 0 Å². The van der Waals surface area contributed by atoms with E-state index in [2.05, 4.69) is 5.10 Å². The molecular formula is C17H19FN4O. The Morgan fingerprint density at radius 3 is 2.96 bits per heavy atom. The Bertz CT molecular complexity index is 750. The van der Waals surface area contributed by atoms with E-state index >= 15 is 0 Å². The van der Waals surface area contributed by atoms with E-state index in [1.54, 1.807) is 12.1 Å². The van der Waals surface area contributed by atoms with Gasteiger partial charge in [-0.25, -0.2) is 4.39 Å². The first-order valence-corrected chi connectivity index (χ1v) is 7.64. The average Bonchev–Trinajstić information content (AvgIpc) is 2.85. The zero-order chi connectivity index (χ0) is 16.4. The van der Waals surface area contributed by atoms with Crippen LogP contribution in [0, 0.1) is 31.0 Å². The lowest BCUT2D eigenvalue weighted by Gasteiger charge is -2.35. The summed E-state index contributed by atoms with van der Waals surface area (Å²) in [5, 5.41) is 13.7. The molecule has 0 bridgehead atoms. The van der Waals surface area contributed by atoms with E-state index in [-0.39, 0.29) is 11.7 Å². The van der Waals surface area contributed by atoms with Gasteiger partial charge in [-0.3, -0.25) is 4.68 Å². The first kappa shape index (κ1) is 15.5. The molecule has 0 amide bonds. The van der Waals surface area contributed by atoms with Crippen molar-refractivity contribution in [1.82, 2.24) is 9.78 Å². The summed E-state index contributed by atoms with van der Waals surface area (Å²) in [5.41, 5.74) is 2.80. The molecule has 0 aliphatic carbocycles. The van der Waals surface area contributed by atoms with E-state index in [9.17, 15) is 9.65 Å². The van der Waals surface area contributed by atoms with Crippen LogP contribution in [0.3, 0.4) is 0 Å². The Hall–Kier alpha value is -2.39. The fourth-order valence-electron chi connectivity index (χ4n) is 2.99. The maximum absolute atomic E-state index is 13.8. The van der Waals surface area contributed by atoms with Gasteiger partial charge in [0.25, 0.3) is 0 Å². The summed E-state index contributed by atoms with van der Waals surface area (Å²) in [6.07, 6.45) is -0.0449. The van der Waals surface area contributed by atoms with E-state index in [1.807, 2.05) is 35.6 Å². The standard InChI is InChI=1S/C17H19FN4O/c1-12-8-13(2)22(20-12)11-14-10-21(6-7-23-14)17-5-3-4-16(18)15(17)9-19/h3-5,8,14H,6-7,10-11H2,1-2H3. The maximum Gasteiger partial charge on any atom is 0.143 e. The third-order valence-electron chi connectivity index (χ3n) is 4.06. The van der Waals surface area contributed by atoms with E-state index in [0.29, 0.717) is 31.9 Å². The topological polar surface area (TPSA) is 54.1 Å². The van der Waals surface area contributed by atoms with Crippen LogP contribution in [0.1, 0.15) is 17.0 Å². The van der Waals surface area contributed by atoms with Gasteiger partial charge in [0.15, 0.2) is 0 Å². The Morgan fingerprint density at radius 2 is 2.26 bits per heavy atom. The number of hydrogen-bond acceptors (Lipinski definition) is 4. The van der Waals surface area contributed by atoms with Crippen LogP contribution < -0.4 is 4.90 Å². The van der Waals surface area contributed by atoms with Crippen LogP contribution in [0.2, 0.25) is 0 Å². The van der Waals surface area contributed by atoms with Crippen molar-refractivity contribution in [3.05, 3.63) is 47.0 Å². The molecule has 3 rings (SSSR count). The van der Waals surface area contributed by atoms with Crippen LogP contribution in [0.25, 0.3) is 0 Å². The molecule has 0 spiro atoms. The van der Waals surface area contributed by atoms with Crippen molar-refractivity contribution in [3.8, 4) is 6.07 Å². The Balaban J connectivity index is 1.78. The molecule has 2 heterocycles. The normalized spacial score (nSPS) is 18.0. The van der Waals surface area contributed by atoms with Gasteiger partial charge in [-0.15, -0.1) is 0 Å². The quantitative estimate of drug-likeness (QED) is 0.873. The number of morpholine rings is 1. The van der Waals surface area contributed by atoms with Gasteiger partial charge in [0.1, 0.15) is 17.4 Å². The maximum atomic E-state index is 13.8. The number of ether oxygens (including phenoxy) is 1. The minimum absolute atomic E-state index is 0.0449. The Labute approximate surface area is 134 Å². The highest BCUT2D eigenvalue weighted by Crippen LogP contribution is 2.24. The number of halogens is 1. The molecule has 5 nitrogen and oxygen atoms in total. The predicted octanol–water partition coefficient (Wildman–Crippen LogP) is 2.42. The summed E-state index contributed by atoms with van der Waals surface area (Å²) in [7, 11) is 0. The highest BCUT2D eigenvalue weighted by molar-refractivity contribution is 5.60. The van der Waals surface area contributed by atoms with Gasteiger partial charge in [-0.2, -0.15) is 10.4 Å². The zero-order valence-electron chi connectivity index (χ0n) is 13.3. The number of rotatable bonds is 3. The minimum atomic E-state index is -0.480. The number of aromatic nitrogens is 2. The molecule has 1 atom stereocenters. The Morgan fingerprint density at radius 1 is 1.43 bits per heavy atom. The molecular weight excluding hydrogens is 295 g/mol. The molecule has 1 saturated heterocycles. The summed E-state index contributed by atoms with van der Waals surface area (Å²) in [4.78, 5) is 2.02. The fourth-order valence-corrected chi connectivity index (χ4v) is 2.99. The van der Waals surface area contributed by atoms with Gasteiger partial charge in [-0.1, -0.05) is 6.07 Å². The predicted molar refractivity (Wildman–Crippen MR) is 84.8 cm³/mol. The number of benzene rings is 1. The number of hydrogen-bond donors (Lipinski definition) is 0. The van der Waals surface area contributed by atoms with Gasteiger partial charge in [0.2, 0.25) is 0 Å². The number of anilines is 1. The summed E-state index contributed by atoms with van der Waals surface area (Å²) in [6, 6.07) is 8.73. The highest BCUT2D eigenvalue weighted by atomic mass is 19.1. The molecule has 1 aliphatic heterocycles. The summed E-state index contributed by atoms with van der Waals surface area (Å²) < 4.78 is 21.6. The molecule has 120 valence electrons. The lowest BCUT2D eigenvalue weighted by molar-refractivity contribution is 0.0270. The molecule has 2 aromatic rings. The van der Waals surface area contributed by atoms with Crippen molar-refractivity contribution in [1.29, 1.82) is 5.26 Å². The zero-order valence-corrected chi connectivity index (χ0v) is 13.3. The van der Waals surface area contributed by atoms with Crippen molar-refractivity contribution < 1.29 is 9.13 Å². The molecule has 1 aromatic carbocycles. The number of nitriles is 1. The number of aryl methyl sites for hydroxylation is 2. The third-order valence-corrected chi connectivity index (χ3v) is 4.06. The van der Waals surface area contributed by atoms with Crippen LogP contribution in [0.4, 0.5) is 10.1 Å². The number of nitrogens with zero attached hydrogens (tertiary/aromatic N) is 4. The van der Waals surface area contributed by atoms with Crippen molar-refractivity contribution in [3.63, 3.8) is 0 Å². The van der Waals surface area contributed by atoms with Crippen molar-refractivity contribution in [2.24, 2.45) is 0 Å². The average molecular weight is 314 g/mol. The monoisotopic (exact) mass is 314 g/mol. The van der Waals surface area contributed by atoms with Crippen LogP contribution in [-0.4, -0.2) is 35.6 Å². The van der Waals surface area contributed by atoms with Crippen molar-refractivity contribution in [2.45, 2.75) is 26.5 Å². The van der Waals surface area contributed by atoms with E-state index in [4.69, 9.17) is 4.74 Å². The molecule has 0 saturated carbocycles. The molecule has 1 aliphatic rings. The first-order valence-electron chi connectivity index (χ1n) is 7.64. The van der Waals surface area contributed by atoms with Gasteiger partial charge in [0, 0.05) is 18.8 Å². The van der Waals surface area contributed by atoms with Crippen LogP contribution in [0.15, 0.2) is 24.3 Å². The summed E-state index contributed by atoms with van der Waals surface area (Å²) in [6.45, 7) is 6.42. The fraction of sp³-hybridized carbons (Fsp3) is 0.412. The van der Waals surface area contributed by atoms with Crippen molar-refractivity contribution in [2.75, 3.05) is 24.6 Å². The summed E-state index contributed by atoms with van der Waals surface area (Å²) in [5.74, 6) is -0.480. The Kier molecular flexibility index (Phi) is 4.30. The van der Waals surface area contributed by atoms with Crippen LogP contribution in [-0.2, 0) is 11.3 Å². The van der Waals surface area contributed by atoms with E-state index in [1.165, 1.54) is 6.07 Å². The summed E-state index contributed by atoms with van der Waals surface area (Å²) >= 11 is 0. The second-order valence-electron chi connectivity index (χ2n) is 5.79. The molecule has 6 heteroatoms. The molecule has 0 radical (unpaired) electrons. The molecule has 23 heavy (non-hydrogen) atoms. The van der Waals surface area contributed by atoms with Crippen molar-refractivity contribution >= 4 is 5.69 Å².